The maximum absolute atomic E-state index is 14.7. The third-order valence-electron chi connectivity index (χ3n) is 4.79. The summed E-state index contributed by atoms with van der Waals surface area (Å²) in [6.07, 6.45) is 3.39. The highest BCUT2D eigenvalue weighted by Crippen LogP contribution is 2.39. The van der Waals surface area contributed by atoms with E-state index in [4.69, 9.17) is 9.57 Å². The molecule has 3 aliphatic rings. The van der Waals surface area contributed by atoms with Crippen molar-refractivity contribution in [2.24, 2.45) is 5.16 Å². The minimum Gasteiger partial charge on any atom is -0.492 e. The fraction of sp³-hybridized carbons (Fsp3) is 0.389. The number of oxime groups is 1. The number of amides is 2. The van der Waals surface area contributed by atoms with Crippen LogP contribution in [0.4, 0.5) is 10.1 Å². The van der Waals surface area contributed by atoms with E-state index in [2.05, 4.69) is 5.16 Å². The second-order valence-electron chi connectivity index (χ2n) is 6.23. The van der Waals surface area contributed by atoms with Gasteiger partial charge in [-0.3, -0.25) is 9.59 Å². The Bertz CT molecular complexity index is 816. The number of fused-ring (bicyclic) bond motifs is 1. The molecule has 130 valence electrons. The number of imide groups is 1. The Hall–Kier alpha value is -2.70. The summed E-state index contributed by atoms with van der Waals surface area (Å²) in [5.74, 6) is -1.17. The van der Waals surface area contributed by atoms with Crippen LogP contribution in [0.3, 0.4) is 0 Å². The van der Waals surface area contributed by atoms with E-state index in [0.717, 1.165) is 17.7 Å². The third-order valence-corrected chi connectivity index (χ3v) is 4.79. The molecule has 0 unspecified atom stereocenters. The zero-order valence-corrected chi connectivity index (χ0v) is 13.8. The Labute approximate surface area is 143 Å². The number of carbonyl (C=O) groups excluding carboxylic acids is 2. The molecule has 0 fully saturated rings. The Morgan fingerprint density at radius 3 is 2.44 bits per heavy atom. The van der Waals surface area contributed by atoms with Crippen molar-refractivity contribution < 1.29 is 23.6 Å². The number of carbonyl (C=O) groups is 2. The molecule has 2 heterocycles. The van der Waals surface area contributed by atoms with Gasteiger partial charge in [0.1, 0.15) is 12.9 Å². The van der Waals surface area contributed by atoms with Crippen molar-refractivity contribution in [1.82, 2.24) is 0 Å². The maximum Gasteiger partial charge on any atom is 0.261 e. The predicted octanol–water partition coefficient (Wildman–Crippen LogP) is 2.70. The van der Waals surface area contributed by atoms with E-state index in [1.54, 1.807) is 0 Å². The molecule has 6 nitrogen and oxygen atoms in total. The standard InChI is InChI=1S/C18H17FN2O4/c1-24-20-14-6-7-25-16-9-13(19)15(8-12(14)16)21-17(22)10-4-2-3-5-11(10)18(21)23/h8-9H,2-7H2,1H3. The smallest absolute Gasteiger partial charge is 0.261 e. The van der Waals surface area contributed by atoms with Gasteiger partial charge in [0.05, 0.1) is 18.0 Å². The lowest BCUT2D eigenvalue weighted by Gasteiger charge is -2.22. The van der Waals surface area contributed by atoms with Gasteiger partial charge in [-0.15, -0.1) is 0 Å². The Morgan fingerprint density at radius 2 is 1.80 bits per heavy atom. The van der Waals surface area contributed by atoms with Crippen molar-refractivity contribution in [3.05, 3.63) is 34.7 Å². The number of anilines is 1. The summed E-state index contributed by atoms with van der Waals surface area (Å²) in [5, 5.41) is 3.95. The first kappa shape index (κ1) is 15.8. The van der Waals surface area contributed by atoms with Crippen LogP contribution in [0.1, 0.15) is 37.7 Å². The molecule has 4 rings (SSSR count). The van der Waals surface area contributed by atoms with Gasteiger partial charge in [-0.05, 0) is 31.7 Å². The number of benzene rings is 1. The number of hydrogen-bond donors (Lipinski definition) is 0. The molecule has 1 aromatic rings. The molecule has 2 aliphatic heterocycles. The predicted molar refractivity (Wildman–Crippen MR) is 88.0 cm³/mol. The molecule has 0 spiro atoms. The summed E-state index contributed by atoms with van der Waals surface area (Å²) in [5.41, 5.74) is 2.13. The van der Waals surface area contributed by atoms with Gasteiger partial charge in [0.15, 0.2) is 5.82 Å². The van der Waals surface area contributed by atoms with Gasteiger partial charge in [0, 0.05) is 29.2 Å². The van der Waals surface area contributed by atoms with Gasteiger partial charge in [-0.25, -0.2) is 9.29 Å². The third kappa shape index (κ3) is 2.42. The Morgan fingerprint density at radius 1 is 1.12 bits per heavy atom. The summed E-state index contributed by atoms with van der Waals surface area (Å²) < 4.78 is 20.1. The van der Waals surface area contributed by atoms with Crippen molar-refractivity contribution in [1.29, 1.82) is 0 Å². The molecule has 0 bridgehead atoms. The van der Waals surface area contributed by atoms with Gasteiger partial charge in [-0.2, -0.15) is 0 Å². The van der Waals surface area contributed by atoms with Crippen molar-refractivity contribution >= 4 is 23.2 Å². The first-order valence-electron chi connectivity index (χ1n) is 8.29. The Balaban J connectivity index is 1.79. The molecular weight excluding hydrogens is 327 g/mol. The molecule has 0 atom stereocenters. The average Bonchev–Trinajstić information content (AvgIpc) is 2.87. The lowest BCUT2D eigenvalue weighted by Crippen LogP contribution is -2.33. The van der Waals surface area contributed by atoms with E-state index in [-0.39, 0.29) is 5.69 Å². The van der Waals surface area contributed by atoms with Crippen molar-refractivity contribution in [2.45, 2.75) is 32.1 Å². The fourth-order valence-corrected chi connectivity index (χ4v) is 3.62. The quantitative estimate of drug-likeness (QED) is 0.611. The van der Waals surface area contributed by atoms with Crippen molar-refractivity contribution in [2.75, 3.05) is 18.6 Å². The summed E-state index contributed by atoms with van der Waals surface area (Å²) in [6, 6.07) is 2.66. The molecule has 1 aliphatic carbocycles. The molecule has 7 heteroatoms. The highest BCUT2D eigenvalue weighted by molar-refractivity contribution is 6.33. The number of nitrogens with zero attached hydrogens (tertiary/aromatic N) is 2. The van der Waals surface area contributed by atoms with Crippen LogP contribution < -0.4 is 9.64 Å². The van der Waals surface area contributed by atoms with E-state index in [1.807, 2.05) is 0 Å². The second kappa shape index (κ2) is 5.98. The zero-order valence-electron chi connectivity index (χ0n) is 13.8. The van der Waals surface area contributed by atoms with Crippen LogP contribution in [0.5, 0.6) is 5.75 Å². The zero-order chi connectivity index (χ0) is 17.6. The molecule has 0 saturated heterocycles. The first-order chi connectivity index (χ1) is 12.1. The van der Waals surface area contributed by atoms with Gasteiger partial charge >= 0.3 is 0 Å². The average molecular weight is 344 g/mol. The van der Waals surface area contributed by atoms with Gasteiger partial charge in [-0.1, -0.05) is 5.16 Å². The monoisotopic (exact) mass is 344 g/mol. The van der Waals surface area contributed by atoms with Crippen LogP contribution in [-0.2, 0) is 14.4 Å². The summed E-state index contributed by atoms with van der Waals surface area (Å²) >= 11 is 0. The van der Waals surface area contributed by atoms with Crippen LogP contribution in [0.25, 0.3) is 0 Å². The van der Waals surface area contributed by atoms with Crippen LogP contribution in [0, 0.1) is 5.82 Å². The minimum atomic E-state index is -0.668. The number of rotatable bonds is 2. The number of halogens is 1. The van der Waals surface area contributed by atoms with Gasteiger partial charge in [0.25, 0.3) is 11.8 Å². The van der Waals surface area contributed by atoms with Crippen LogP contribution in [0.2, 0.25) is 0 Å². The highest BCUT2D eigenvalue weighted by Gasteiger charge is 2.41. The SMILES string of the molecule is CON=C1CCOc2cc(F)c(N3C(=O)C4=C(CCCC4)C3=O)cc21. The van der Waals surface area contributed by atoms with E-state index in [9.17, 15) is 14.0 Å². The second-order valence-corrected chi connectivity index (χ2v) is 6.23. The molecule has 0 N–H and O–H groups in total. The molecule has 0 saturated carbocycles. The molecule has 25 heavy (non-hydrogen) atoms. The summed E-state index contributed by atoms with van der Waals surface area (Å²) in [7, 11) is 1.43. The first-order valence-corrected chi connectivity index (χ1v) is 8.29. The van der Waals surface area contributed by atoms with Crippen molar-refractivity contribution in [3.63, 3.8) is 0 Å². The minimum absolute atomic E-state index is 0.0579. The van der Waals surface area contributed by atoms with Crippen molar-refractivity contribution in [3.8, 4) is 5.75 Å². The van der Waals surface area contributed by atoms with Crippen LogP contribution in [0.15, 0.2) is 28.4 Å². The summed E-state index contributed by atoms with van der Waals surface area (Å²) in [6.45, 7) is 0.366. The van der Waals surface area contributed by atoms with E-state index in [0.29, 0.717) is 54.0 Å². The van der Waals surface area contributed by atoms with E-state index >= 15 is 0 Å². The molecular formula is C18H17FN2O4. The Kier molecular flexibility index (Phi) is 3.78. The fourth-order valence-electron chi connectivity index (χ4n) is 3.62. The largest absolute Gasteiger partial charge is 0.492 e. The molecule has 0 aromatic heterocycles. The number of ether oxygens (including phenoxy) is 1. The van der Waals surface area contributed by atoms with E-state index in [1.165, 1.54) is 19.2 Å². The maximum atomic E-state index is 14.7. The van der Waals surface area contributed by atoms with Crippen LogP contribution in [-0.4, -0.2) is 31.2 Å². The lowest BCUT2D eigenvalue weighted by atomic mass is 9.93. The molecule has 0 radical (unpaired) electrons. The molecule has 2 amide bonds. The van der Waals surface area contributed by atoms with Gasteiger partial charge in [0.2, 0.25) is 0 Å². The van der Waals surface area contributed by atoms with Crippen LogP contribution >= 0.6 is 0 Å². The topological polar surface area (TPSA) is 68.2 Å². The lowest BCUT2D eigenvalue weighted by molar-refractivity contribution is -0.120. The summed E-state index contributed by atoms with van der Waals surface area (Å²) in [4.78, 5) is 31.1. The van der Waals surface area contributed by atoms with Gasteiger partial charge < -0.3 is 9.57 Å². The molecule has 1 aromatic carbocycles. The normalized spacial score (nSPS) is 21.4. The van der Waals surface area contributed by atoms with E-state index < -0.39 is 17.6 Å². The highest BCUT2D eigenvalue weighted by atomic mass is 19.1. The number of hydrogen-bond acceptors (Lipinski definition) is 5.